The molecule has 0 atom stereocenters. The van der Waals surface area contributed by atoms with Crippen molar-refractivity contribution in [2.75, 3.05) is 24.0 Å². The van der Waals surface area contributed by atoms with Crippen molar-refractivity contribution in [3.8, 4) is 11.1 Å². The van der Waals surface area contributed by atoms with Crippen molar-refractivity contribution in [3.63, 3.8) is 0 Å². The van der Waals surface area contributed by atoms with E-state index in [1.54, 1.807) is 12.1 Å². The number of rotatable bonds is 2. The molecular weight excluding hydrogens is 314 g/mol. The normalized spacial score (nSPS) is 14.6. The number of hydrogen-bond acceptors (Lipinski definition) is 4. The molecular formula is C14H13F4N5. The number of alkyl halides is 3. The second-order valence-electron chi connectivity index (χ2n) is 5.12. The molecule has 1 aliphatic heterocycles. The first kappa shape index (κ1) is 15.2. The highest BCUT2D eigenvalue weighted by Crippen LogP contribution is 2.29. The van der Waals surface area contributed by atoms with Crippen LogP contribution in [0.5, 0.6) is 0 Å². The van der Waals surface area contributed by atoms with E-state index in [0.717, 1.165) is 5.01 Å². The van der Waals surface area contributed by atoms with E-state index in [1.165, 1.54) is 23.0 Å². The van der Waals surface area contributed by atoms with Gasteiger partial charge in [0.15, 0.2) is 0 Å². The van der Waals surface area contributed by atoms with Crippen molar-refractivity contribution in [1.82, 2.24) is 4.68 Å². The third-order valence-corrected chi connectivity index (χ3v) is 3.49. The number of hydrogen-bond donors (Lipinski definition) is 2. The topological polar surface area (TPSA) is 72.6 Å². The van der Waals surface area contributed by atoms with Gasteiger partial charge in [-0.1, -0.05) is 6.07 Å². The van der Waals surface area contributed by atoms with Crippen LogP contribution in [0, 0.1) is 5.82 Å². The molecule has 0 spiro atoms. The van der Waals surface area contributed by atoms with Crippen molar-refractivity contribution in [1.29, 1.82) is 0 Å². The summed E-state index contributed by atoms with van der Waals surface area (Å²) >= 11 is 0. The Morgan fingerprint density at radius 2 is 1.91 bits per heavy atom. The van der Waals surface area contributed by atoms with Gasteiger partial charge >= 0.3 is 6.18 Å². The molecule has 5 nitrogen and oxygen atoms in total. The molecule has 0 bridgehead atoms. The molecule has 3 rings (SSSR count). The van der Waals surface area contributed by atoms with E-state index in [9.17, 15) is 17.6 Å². The van der Waals surface area contributed by atoms with Crippen LogP contribution in [-0.2, 0) is 0 Å². The molecule has 0 aliphatic carbocycles. The highest BCUT2D eigenvalue weighted by molar-refractivity contribution is 6.03. The maximum absolute atomic E-state index is 13.6. The molecule has 9 heteroatoms. The Balaban J connectivity index is 2.06. The van der Waals surface area contributed by atoms with Gasteiger partial charge < -0.3 is 11.5 Å². The Bertz CT molecular complexity index is 778. The van der Waals surface area contributed by atoms with Crippen molar-refractivity contribution in [2.24, 2.45) is 10.7 Å². The zero-order chi connectivity index (χ0) is 16.8. The molecule has 4 N–H and O–H groups in total. The quantitative estimate of drug-likeness (QED) is 0.655. The second kappa shape index (κ2) is 5.18. The molecule has 0 saturated heterocycles. The Morgan fingerprint density at radius 1 is 1.17 bits per heavy atom. The molecule has 2 heterocycles. The highest BCUT2D eigenvalue weighted by Gasteiger charge is 2.33. The van der Waals surface area contributed by atoms with Gasteiger partial charge in [-0.05, 0) is 23.8 Å². The first-order chi connectivity index (χ1) is 10.8. The zero-order valence-corrected chi connectivity index (χ0v) is 11.8. The number of anilines is 1. The third kappa shape index (κ3) is 2.81. The lowest BCUT2D eigenvalue weighted by molar-refractivity contribution is -0.122. The summed E-state index contributed by atoms with van der Waals surface area (Å²) in [6.07, 6.45) is -2.93. The van der Waals surface area contributed by atoms with Crippen LogP contribution in [-0.4, -0.2) is 29.9 Å². The predicted octanol–water partition coefficient (Wildman–Crippen LogP) is 2.05. The zero-order valence-electron chi connectivity index (χ0n) is 11.8. The molecule has 0 amide bonds. The van der Waals surface area contributed by atoms with E-state index in [2.05, 4.69) is 4.99 Å². The van der Waals surface area contributed by atoms with Gasteiger partial charge in [-0.2, -0.15) is 13.2 Å². The molecule has 2 aromatic rings. The first-order valence-electron chi connectivity index (χ1n) is 6.65. The van der Waals surface area contributed by atoms with E-state index in [-0.39, 0.29) is 18.2 Å². The van der Waals surface area contributed by atoms with E-state index in [4.69, 9.17) is 11.5 Å². The molecule has 0 saturated carbocycles. The summed E-state index contributed by atoms with van der Waals surface area (Å²) < 4.78 is 52.9. The fourth-order valence-corrected chi connectivity index (χ4v) is 2.47. The van der Waals surface area contributed by atoms with Gasteiger partial charge in [0.05, 0.1) is 5.69 Å². The molecule has 23 heavy (non-hydrogen) atoms. The van der Waals surface area contributed by atoms with Crippen LogP contribution in [0.3, 0.4) is 0 Å². The van der Waals surface area contributed by atoms with Crippen LogP contribution >= 0.6 is 0 Å². The molecule has 1 aromatic heterocycles. The fourth-order valence-electron chi connectivity index (χ4n) is 2.47. The van der Waals surface area contributed by atoms with Crippen molar-refractivity contribution >= 4 is 11.5 Å². The molecule has 0 fully saturated rings. The average Bonchev–Trinajstić information content (AvgIpc) is 2.90. The fraction of sp³-hybridized carbons (Fsp3) is 0.214. The molecule has 1 aliphatic rings. The maximum atomic E-state index is 13.6. The number of amidine groups is 1. The summed E-state index contributed by atoms with van der Waals surface area (Å²) in [5, 5.41) is 1.00. The summed E-state index contributed by atoms with van der Waals surface area (Å²) in [7, 11) is 0. The monoisotopic (exact) mass is 327 g/mol. The largest absolute Gasteiger partial charge is 0.407 e. The summed E-state index contributed by atoms with van der Waals surface area (Å²) in [5.41, 5.74) is 12.5. The predicted molar refractivity (Wildman–Crippen MR) is 79.0 cm³/mol. The minimum Gasteiger partial charge on any atom is -0.396 e. The van der Waals surface area contributed by atoms with Crippen LogP contribution < -0.4 is 16.5 Å². The van der Waals surface area contributed by atoms with E-state index < -0.39 is 18.5 Å². The number of nitrogens with zero attached hydrogens (tertiary/aromatic N) is 3. The molecule has 122 valence electrons. The smallest absolute Gasteiger partial charge is 0.396 e. The van der Waals surface area contributed by atoms with Crippen molar-refractivity contribution in [2.45, 2.75) is 6.18 Å². The number of aromatic nitrogens is 1. The Morgan fingerprint density at radius 3 is 2.57 bits per heavy atom. The lowest BCUT2D eigenvalue weighted by Gasteiger charge is -2.30. The van der Waals surface area contributed by atoms with Gasteiger partial charge in [0.1, 0.15) is 30.6 Å². The number of aliphatic imine (C=N–C) groups is 1. The minimum atomic E-state index is -4.38. The molecule has 0 radical (unpaired) electrons. The summed E-state index contributed by atoms with van der Waals surface area (Å²) in [5.74, 6) is -0.512. The first-order valence-corrected chi connectivity index (χ1v) is 6.65. The van der Waals surface area contributed by atoms with Gasteiger partial charge in [-0.3, -0.25) is 9.69 Å². The van der Waals surface area contributed by atoms with E-state index in [0.29, 0.717) is 16.8 Å². The maximum Gasteiger partial charge on any atom is 0.407 e. The van der Waals surface area contributed by atoms with Gasteiger partial charge in [0, 0.05) is 11.8 Å². The molecule has 1 aromatic carbocycles. The average molecular weight is 327 g/mol. The van der Waals surface area contributed by atoms with Gasteiger partial charge in [0.2, 0.25) is 0 Å². The number of nitrogens with two attached hydrogens (primary N) is 2. The van der Waals surface area contributed by atoms with E-state index in [1.807, 2.05) is 0 Å². The number of halogens is 4. The minimum absolute atomic E-state index is 0.0119. The van der Waals surface area contributed by atoms with Crippen molar-refractivity contribution < 1.29 is 17.6 Å². The Kier molecular flexibility index (Phi) is 3.42. The molecule has 0 unspecified atom stereocenters. The summed E-state index contributed by atoms with van der Waals surface area (Å²) in [6.45, 7) is -1.37. The lowest BCUT2D eigenvalue weighted by atomic mass is 10.0. The summed E-state index contributed by atoms with van der Waals surface area (Å²) in [6, 6.07) is 5.74. The van der Waals surface area contributed by atoms with Crippen LogP contribution in [0.15, 0.2) is 35.5 Å². The lowest BCUT2D eigenvalue weighted by Crippen LogP contribution is -2.47. The number of benzene rings is 1. The SMILES string of the molecule is NC1=NCN(CC(F)(F)F)n2ccc(-c3ccc(N)c(F)c3)c21. The van der Waals surface area contributed by atoms with Gasteiger partial charge in [-0.25, -0.2) is 9.38 Å². The van der Waals surface area contributed by atoms with Gasteiger partial charge in [-0.15, -0.1) is 0 Å². The van der Waals surface area contributed by atoms with Crippen LogP contribution in [0.4, 0.5) is 23.2 Å². The Hall–Kier alpha value is -2.71. The number of fused-ring (bicyclic) bond motifs is 1. The third-order valence-electron chi connectivity index (χ3n) is 3.49. The Labute approximate surface area is 128 Å². The number of nitrogen functional groups attached to an aromatic ring is 1. The standard InChI is InChI=1S/C14H13F4N5/c15-10-5-8(1-2-11(10)19)9-3-4-23-12(9)13(20)21-7-22(23)6-14(16,17)18/h1-5H,6-7,19H2,(H2,20,21). The van der Waals surface area contributed by atoms with Gasteiger partial charge in [0.25, 0.3) is 0 Å². The second-order valence-corrected chi connectivity index (χ2v) is 5.12. The highest BCUT2D eigenvalue weighted by atomic mass is 19.4. The van der Waals surface area contributed by atoms with Crippen LogP contribution in [0.25, 0.3) is 11.1 Å². The van der Waals surface area contributed by atoms with Crippen LogP contribution in [0.1, 0.15) is 5.69 Å². The van der Waals surface area contributed by atoms with E-state index >= 15 is 0 Å². The van der Waals surface area contributed by atoms with Crippen LogP contribution in [0.2, 0.25) is 0 Å². The van der Waals surface area contributed by atoms with Crippen molar-refractivity contribution in [3.05, 3.63) is 42.0 Å². The summed E-state index contributed by atoms with van der Waals surface area (Å²) in [4.78, 5) is 3.92.